The van der Waals surface area contributed by atoms with E-state index in [1.54, 1.807) is 4.90 Å². The molecule has 0 aliphatic carbocycles. The van der Waals surface area contributed by atoms with E-state index < -0.39 is 11.1 Å². The van der Waals surface area contributed by atoms with Gasteiger partial charge in [-0.25, -0.2) is 0 Å². The zero-order chi connectivity index (χ0) is 8.15. The van der Waals surface area contributed by atoms with E-state index in [9.17, 15) is 8.76 Å². The van der Waals surface area contributed by atoms with Crippen molar-refractivity contribution in [3.05, 3.63) is 0 Å². The molecule has 0 aromatic rings. The molecule has 0 heterocycles. The topological polar surface area (TPSA) is 43.4 Å². The molecule has 0 N–H and O–H groups in total. The van der Waals surface area contributed by atoms with Crippen LogP contribution in [-0.4, -0.2) is 31.1 Å². The van der Waals surface area contributed by atoms with E-state index in [0.717, 1.165) is 0 Å². The fourth-order valence-electron chi connectivity index (χ4n) is 0.587. The summed E-state index contributed by atoms with van der Waals surface area (Å²) in [7, 11) is 0. The highest BCUT2D eigenvalue weighted by Crippen LogP contribution is 1.93. The highest BCUT2D eigenvalue weighted by molar-refractivity contribution is 8.09. The Bertz CT molecular complexity index is 145. The maximum absolute atomic E-state index is 10.3. The van der Waals surface area contributed by atoms with Crippen molar-refractivity contribution in [3.8, 4) is 0 Å². The van der Waals surface area contributed by atoms with E-state index >= 15 is 0 Å². The molecule has 0 radical (unpaired) electrons. The number of thiocarbonyl (C=S) groups is 1. The van der Waals surface area contributed by atoms with E-state index in [1.807, 2.05) is 13.8 Å². The standard InChI is InChI=1S/C5H11NO2S2/c1-3-6(4-2)5(9)10(7)8/h3-4H2,1-2H3,(H,7,8)/p-1. The van der Waals surface area contributed by atoms with Crippen LogP contribution in [0.5, 0.6) is 0 Å². The van der Waals surface area contributed by atoms with Crippen molar-refractivity contribution < 1.29 is 8.76 Å². The Labute approximate surface area is 68.7 Å². The van der Waals surface area contributed by atoms with Crippen LogP contribution in [0.4, 0.5) is 0 Å². The Kier molecular flexibility index (Phi) is 4.76. The van der Waals surface area contributed by atoms with Crippen molar-refractivity contribution in [3.63, 3.8) is 0 Å². The lowest BCUT2D eigenvalue weighted by molar-refractivity contribution is 0.471. The van der Waals surface area contributed by atoms with Gasteiger partial charge in [0.1, 0.15) is 0 Å². The summed E-state index contributed by atoms with van der Waals surface area (Å²) < 4.78 is 20.6. The quantitative estimate of drug-likeness (QED) is 0.458. The van der Waals surface area contributed by atoms with Gasteiger partial charge in [0, 0.05) is 24.2 Å². The van der Waals surface area contributed by atoms with Gasteiger partial charge < -0.3 is 9.45 Å². The molecule has 60 valence electrons. The van der Waals surface area contributed by atoms with Crippen molar-refractivity contribution in [2.45, 2.75) is 13.8 Å². The summed E-state index contributed by atoms with van der Waals surface area (Å²) in [5.41, 5.74) is 0. The molecule has 0 aliphatic rings. The van der Waals surface area contributed by atoms with Crippen LogP contribution < -0.4 is 0 Å². The van der Waals surface area contributed by atoms with Crippen LogP contribution in [0, 0.1) is 0 Å². The summed E-state index contributed by atoms with van der Waals surface area (Å²) in [6, 6.07) is 0. The summed E-state index contributed by atoms with van der Waals surface area (Å²) in [5, 5.41) is 0. The summed E-state index contributed by atoms with van der Waals surface area (Å²) in [6.07, 6.45) is 0. The number of hydrogen-bond donors (Lipinski definition) is 0. The minimum atomic E-state index is -2.23. The van der Waals surface area contributed by atoms with Gasteiger partial charge in [0.2, 0.25) is 0 Å². The molecular formula is C5H10NO2S2-. The second-order valence-corrected chi connectivity index (χ2v) is 3.17. The van der Waals surface area contributed by atoms with Gasteiger partial charge in [0.05, 0.1) is 0 Å². The monoisotopic (exact) mass is 180 g/mol. The zero-order valence-electron chi connectivity index (χ0n) is 5.99. The third-order valence-electron chi connectivity index (χ3n) is 1.16. The molecule has 10 heavy (non-hydrogen) atoms. The summed E-state index contributed by atoms with van der Waals surface area (Å²) in [4.78, 5) is 1.61. The molecule has 0 saturated carbocycles. The maximum atomic E-state index is 10.3. The molecule has 0 aromatic heterocycles. The minimum absolute atomic E-state index is 0.00463. The van der Waals surface area contributed by atoms with Crippen LogP contribution in [0.15, 0.2) is 0 Å². The Balaban J connectivity index is 4.02. The van der Waals surface area contributed by atoms with Crippen molar-refractivity contribution in [1.29, 1.82) is 0 Å². The number of nitrogens with zero attached hydrogens (tertiary/aromatic N) is 1. The van der Waals surface area contributed by atoms with Gasteiger partial charge in [-0.2, -0.15) is 0 Å². The van der Waals surface area contributed by atoms with Gasteiger partial charge in [-0.05, 0) is 13.8 Å². The first-order valence-corrected chi connectivity index (χ1v) is 4.50. The second-order valence-electron chi connectivity index (χ2n) is 1.67. The number of rotatable bonds is 2. The largest absolute Gasteiger partial charge is 0.767 e. The molecule has 0 saturated heterocycles. The number of hydrogen-bond acceptors (Lipinski definition) is 3. The lowest BCUT2D eigenvalue weighted by atomic mass is 10.6. The van der Waals surface area contributed by atoms with Gasteiger partial charge in [-0.15, -0.1) is 0 Å². The minimum Gasteiger partial charge on any atom is -0.767 e. The summed E-state index contributed by atoms with van der Waals surface area (Å²) >= 11 is 2.38. The van der Waals surface area contributed by atoms with Gasteiger partial charge in [0.25, 0.3) is 0 Å². The Morgan fingerprint density at radius 2 is 2.00 bits per heavy atom. The molecule has 0 aromatic carbocycles. The molecule has 0 rings (SSSR count). The van der Waals surface area contributed by atoms with Crippen LogP contribution in [0.1, 0.15) is 13.8 Å². The van der Waals surface area contributed by atoms with Gasteiger partial charge in [-0.1, -0.05) is 12.2 Å². The first kappa shape index (κ1) is 10.0. The highest BCUT2D eigenvalue weighted by Gasteiger charge is 2.03. The molecule has 0 aliphatic heterocycles. The third kappa shape index (κ3) is 2.72. The summed E-state index contributed by atoms with van der Waals surface area (Å²) in [6.45, 7) is 5.01. The molecule has 1 unspecified atom stereocenters. The van der Waals surface area contributed by atoms with Crippen LogP contribution in [-0.2, 0) is 11.1 Å². The van der Waals surface area contributed by atoms with Gasteiger partial charge in [0.15, 0.2) is 4.32 Å². The highest BCUT2D eigenvalue weighted by atomic mass is 32.2. The Morgan fingerprint density at radius 3 is 2.10 bits per heavy atom. The van der Waals surface area contributed by atoms with E-state index in [0.29, 0.717) is 13.1 Å². The van der Waals surface area contributed by atoms with Crippen molar-refractivity contribution in [2.75, 3.05) is 13.1 Å². The van der Waals surface area contributed by atoms with Crippen LogP contribution in [0.3, 0.4) is 0 Å². The zero-order valence-corrected chi connectivity index (χ0v) is 7.63. The molecular weight excluding hydrogens is 170 g/mol. The van der Waals surface area contributed by atoms with E-state index in [-0.39, 0.29) is 4.32 Å². The Hall–Kier alpha value is -0.0000000000000000486. The predicted molar refractivity (Wildman–Crippen MR) is 44.4 cm³/mol. The van der Waals surface area contributed by atoms with E-state index in [2.05, 4.69) is 12.2 Å². The molecule has 1 atom stereocenters. The maximum Gasteiger partial charge on any atom is 0.153 e. The predicted octanol–water partition coefficient (Wildman–Crippen LogP) is 0.492. The Morgan fingerprint density at radius 1 is 1.60 bits per heavy atom. The fourth-order valence-corrected chi connectivity index (χ4v) is 1.31. The molecule has 0 spiro atoms. The lowest BCUT2D eigenvalue weighted by Gasteiger charge is -2.22. The average Bonchev–Trinajstić information content (AvgIpc) is 1.90. The first-order chi connectivity index (χ1) is 4.63. The van der Waals surface area contributed by atoms with Gasteiger partial charge >= 0.3 is 0 Å². The van der Waals surface area contributed by atoms with E-state index in [4.69, 9.17) is 0 Å². The average molecular weight is 180 g/mol. The van der Waals surface area contributed by atoms with Crippen molar-refractivity contribution in [2.24, 2.45) is 0 Å². The summed E-state index contributed by atoms with van der Waals surface area (Å²) in [5.74, 6) is 0. The second kappa shape index (κ2) is 4.76. The smallest absolute Gasteiger partial charge is 0.153 e. The van der Waals surface area contributed by atoms with Crippen LogP contribution in [0.2, 0.25) is 0 Å². The molecule has 5 heteroatoms. The fraction of sp³-hybridized carbons (Fsp3) is 0.800. The normalized spacial score (nSPS) is 12.7. The molecule has 0 bridgehead atoms. The molecule has 3 nitrogen and oxygen atoms in total. The van der Waals surface area contributed by atoms with Crippen molar-refractivity contribution in [1.82, 2.24) is 4.90 Å². The third-order valence-corrected chi connectivity index (χ3v) is 2.37. The lowest BCUT2D eigenvalue weighted by Crippen LogP contribution is -2.31. The molecule has 0 amide bonds. The van der Waals surface area contributed by atoms with Crippen LogP contribution >= 0.6 is 12.2 Å². The van der Waals surface area contributed by atoms with E-state index in [1.165, 1.54) is 0 Å². The molecule has 0 fully saturated rings. The first-order valence-electron chi connectivity index (χ1n) is 3.01. The SMILES string of the molecule is CCN(CC)C(=S)S(=O)[O-]. The van der Waals surface area contributed by atoms with Crippen LogP contribution in [0.25, 0.3) is 0 Å². The van der Waals surface area contributed by atoms with Gasteiger partial charge in [-0.3, -0.25) is 4.21 Å². The van der Waals surface area contributed by atoms with Crippen molar-refractivity contribution >= 4 is 27.6 Å².